The number of hydrogen-bond acceptors (Lipinski definition) is 8. The summed E-state index contributed by atoms with van der Waals surface area (Å²) in [5.41, 5.74) is 3.47. The highest BCUT2D eigenvalue weighted by atomic mass is 32.2. The number of anilines is 3. The van der Waals surface area contributed by atoms with E-state index in [9.17, 15) is 14.9 Å². The van der Waals surface area contributed by atoms with Gasteiger partial charge in [0, 0.05) is 32.6 Å². The predicted molar refractivity (Wildman–Crippen MR) is 139 cm³/mol. The third-order valence-electron chi connectivity index (χ3n) is 6.21. The lowest BCUT2D eigenvalue weighted by molar-refractivity contribution is -0.114. The van der Waals surface area contributed by atoms with Gasteiger partial charge in [0.25, 0.3) is 0 Å². The molecule has 1 saturated carbocycles. The first kappa shape index (κ1) is 23.6. The number of hydrogen-bond donors (Lipinski definition) is 1. The van der Waals surface area contributed by atoms with E-state index in [0.29, 0.717) is 22.6 Å². The molecule has 2 aliphatic rings. The molecule has 0 spiro atoms. The molecule has 0 bridgehead atoms. The third kappa shape index (κ3) is 4.33. The van der Waals surface area contributed by atoms with Gasteiger partial charge < -0.3 is 15.1 Å². The number of amides is 1. The first-order valence-electron chi connectivity index (χ1n) is 11.6. The summed E-state index contributed by atoms with van der Waals surface area (Å²) in [4.78, 5) is 28.6. The minimum absolute atomic E-state index is 0.0403. The van der Waals surface area contributed by atoms with Crippen molar-refractivity contribution in [3.05, 3.63) is 65.7 Å². The Morgan fingerprint density at radius 2 is 1.78 bits per heavy atom. The lowest BCUT2D eigenvalue weighted by Crippen LogP contribution is -2.26. The number of nitrogens with zero attached hydrogens (tertiary/aromatic N) is 6. The maximum Gasteiger partial charge on any atom is 0.221 e. The summed E-state index contributed by atoms with van der Waals surface area (Å²) in [6.07, 6.45) is 2.08. The molecule has 2 aromatic carbocycles. The Labute approximate surface area is 213 Å². The number of Topliss-reactive ketones (excluding diaryl/α,β-unsaturated/α-hetero) is 1. The summed E-state index contributed by atoms with van der Waals surface area (Å²) in [5, 5.41) is 22.1. The molecule has 3 aromatic rings. The van der Waals surface area contributed by atoms with Crippen molar-refractivity contribution in [2.24, 2.45) is 0 Å². The summed E-state index contributed by atoms with van der Waals surface area (Å²) in [7, 11) is 3.71. The van der Waals surface area contributed by atoms with Gasteiger partial charge in [0.15, 0.2) is 10.9 Å². The summed E-state index contributed by atoms with van der Waals surface area (Å²) >= 11 is 1.25. The Kier molecular flexibility index (Phi) is 6.24. The van der Waals surface area contributed by atoms with Crippen molar-refractivity contribution in [2.75, 3.05) is 35.0 Å². The summed E-state index contributed by atoms with van der Waals surface area (Å²) < 4.78 is 1.95. The van der Waals surface area contributed by atoms with Crippen LogP contribution in [0.15, 0.2) is 65.1 Å². The Hall–Kier alpha value is -4.10. The van der Waals surface area contributed by atoms with Crippen LogP contribution in [0.3, 0.4) is 0 Å². The minimum atomic E-state index is -0.279. The second-order valence-electron chi connectivity index (χ2n) is 8.81. The van der Waals surface area contributed by atoms with E-state index in [1.54, 1.807) is 0 Å². The number of ketones is 1. The number of fused-ring (bicyclic) bond motifs is 1. The number of nitrogens with one attached hydrogen (secondary N) is 1. The van der Waals surface area contributed by atoms with Crippen molar-refractivity contribution < 1.29 is 9.59 Å². The van der Waals surface area contributed by atoms with Crippen molar-refractivity contribution in [3.8, 4) is 11.8 Å². The van der Waals surface area contributed by atoms with Crippen molar-refractivity contribution in [3.63, 3.8) is 0 Å². The van der Waals surface area contributed by atoms with E-state index in [-0.39, 0.29) is 23.0 Å². The van der Waals surface area contributed by atoms with Gasteiger partial charge in [0.1, 0.15) is 23.3 Å². The number of allylic oxidation sites excluding steroid dienone is 1. The molecular formula is C26H25N7O2S. The van der Waals surface area contributed by atoms with Gasteiger partial charge in [-0.3, -0.25) is 14.2 Å². The molecule has 0 radical (unpaired) electrons. The van der Waals surface area contributed by atoms with Crippen LogP contribution in [-0.2, 0) is 9.59 Å². The molecule has 1 aromatic heterocycles. The highest BCUT2D eigenvalue weighted by molar-refractivity contribution is 7.99. The molecule has 0 atom stereocenters. The summed E-state index contributed by atoms with van der Waals surface area (Å²) in [5.74, 6) is 1.33. The normalized spacial score (nSPS) is 14.4. The largest absolute Gasteiger partial charge is 0.328 e. The molecule has 0 unspecified atom stereocenters. The Bertz CT molecular complexity index is 1400. The minimum Gasteiger partial charge on any atom is -0.328 e. The van der Waals surface area contributed by atoms with E-state index in [1.165, 1.54) is 18.7 Å². The SMILES string of the molecule is CC(=O)Nc1cccc(-n2c(SCC(=O)C(C#N)=C3N(C)c4ccccc4N3C)nnc2C2CC2)c1. The molecule has 182 valence electrons. The first-order chi connectivity index (χ1) is 17.4. The molecule has 36 heavy (non-hydrogen) atoms. The highest BCUT2D eigenvalue weighted by Gasteiger charge is 2.33. The Balaban J connectivity index is 1.43. The number of nitriles is 1. The van der Waals surface area contributed by atoms with Crippen LogP contribution in [0.5, 0.6) is 0 Å². The van der Waals surface area contributed by atoms with Crippen LogP contribution in [0, 0.1) is 11.3 Å². The average molecular weight is 500 g/mol. The number of benzene rings is 2. The molecule has 1 amide bonds. The number of carbonyl (C=O) groups is 2. The molecular weight excluding hydrogens is 474 g/mol. The fourth-order valence-corrected chi connectivity index (χ4v) is 5.24. The zero-order chi connectivity index (χ0) is 25.4. The van der Waals surface area contributed by atoms with Crippen LogP contribution in [0.25, 0.3) is 5.69 Å². The lowest BCUT2D eigenvalue weighted by Gasteiger charge is -2.19. The molecule has 10 heteroatoms. The zero-order valence-electron chi connectivity index (χ0n) is 20.2. The standard InChI is InChI=1S/C26H25N7O2S/c1-16(34)28-18-7-6-8-19(13-18)33-24(17-11-12-17)29-30-26(33)36-15-23(35)20(14-27)25-31(2)21-9-4-5-10-22(21)32(25)3/h4-10,13,17H,11-12,15H2,1-3H3,(H,28,34). The average Bonchev–Trinajstić information content (AvgIpc) is 3.58. The van der Waals surface area contributed by atoms with E-state index >= 15 is 0 Å². The van der Waals surface area contributed by atoms with Gasteiger partial charge in [0.2, 0.25) is 5.91 Å². The van der Waals surface area contributed by atoms with Crippen molar-refractivity contribution in [1.82, 2.24) is 14.8 Å². The van der Waals surface area contributed by atoms with Crippen molar-refractivity contribution in [1.29, 1.82) is 5.26 Å². The topological polar surface area (TPSA) is 107 Å². The number of rotatable bonds is 7. The van der Waals surface area contributed by atoms with Crippen molar-refractivity contribution in [2.45, 2.75) is 30.8 Å². The molecule has 2 heterocycles. The van der Waals surface area contributed by atoms with Crippen LogP contribution < -0.4 is 15.1 Å². The fourth-order valence-electron chi connectivity index (χ4n) is 4.41. The number of aromatic nitrogens is 3. The highest BCUT2D eigenvalue weighted by Crippen LogP contribution is 2.42. The second-order valence-corrected chi connectivity index (χ2v) is 9.75. The lowest BCUT2D eigenvalue weighted by atomic mass is 10.2. The van der Waals surface area contributed by atoms with Gasteiger partial charge in [-0.1, -0.05) is 30.0 Å². The molecule has 1 aliphatic heterocycles. The number of thioether (sulfide) groups is 1. The number of carbonyl (C=O) groups excluding carboxylic acids is 2. The summed E-state index contributed by atoms with van der Waals surface area (Å²) in [6.45, 7) is 1.47. The number of para-hydroxylation sites is 2. The zero-order valence-corrected chi connectivity index (χ0v) is 21.0. The van der Waals surface area contributed by atoms with E-state index in [4.69, 9.17) is 0 Å². The monoisotopic (exact) mass is 499 g/mol. The van der Waals surface area contributed by atoms with Crippen LogP contribution in [0.1, 0.15) is 31.5 Å². The predicted octanol–water partition coefficient (Wildman–Crippen LogP) is 4.09. The van der Waals surface area contributed by atoms with Gasteiger partial charge in [-0.25, -0.2) is 0 Å². The Morgan fingerprint density at radius 1 is 1.08 bits per heavy atom. The second kappa shape index (κ2) is 9.51. The fraction of sp³-hybridized carbons (Fsp3) is 0.269. The van der Waals surface area contributed by atoms with Crippen LogP contribution in [0.2, 0.25) is 0 Å². The third-order valence-corrected chi connectivity index (χ3v) is 7.14. The summed E-state index contributed by atoms with van der Waals surface area (Å²) in [6, 6.07) is 17.4. The van der Waals surface area contributed by atoms with Gasteiger partial charge in [-0.05, 0) is 43.2 Å². The molecule has 9 nitrogen and oxygen atoms in total. The maximum absolute atomic E-state index is 13.3. The van der Waals surface area contributed by atoms with Crippen molar-refractivity contribution >= 4 is 40.5 Å². The van der Waals surface area contributed by atoms with E-state index < -0.39 is 0 Å². The Morgan fingerprint density at radius 3 is 2.39 bits per heavy atom. The van der Waals surface area contributed by atoms with E-state index in [2.05, 4.69) is 21.6 Å². The first-order valence-corrected chi connectivity index (χ1v) is 12.6. The molecule has 1 fully saturated rings. The van der Waals surface area contributed by atoms with Gasteiger partial charge >= 0.3 is 0 Å². The molecule has 1 N–H and O–H groups in total. The van der Waals surface area contributed by atoms with E-state index in [0.717, 1.165) is 35.7 Å². The molecule has 0 saturated heterocycles. The maximum atomic E-state index is 13.3. The van der Waals surface area contributed by atoms with E-state index in [1.807, 2.05) is 77.0 Å². The van der Waals surface area contributed by atoms with Crippen LogP contribution in [0.4, 0.5) is 17.1 Å². The quantitative estimate of drug-likeness (QED) is 0.294. The van der Waals surface area contributed by atoms with Gasteiger partial charge in [0.05, 0.1) is 22.8 Å². The molecule has 1 aliphatic carbocycles. The van der Waals surface area contributed by atoms with Crippen LogP contribution in [-0.4, -0.2) is 46.3 Å². The van der Waals surface area contributed by atoms with Gasteiger partial charge in [-0.2, -0.15) is 5.26 Å². The smallest absolute Gasteiger partial charge is 0.221 e. The van der Waals surface area contributed by atoms with Gasteiger partial charge in [-0.15, -0.1) is 10.2 Å². The van der Waals surface area contributed by atoms with Crippen LogP contribution >= 0.6 is 11.8 Å². The molecule has 5 rings (SSSR count).